The first-order valence-corrected chi connectivity index (χ1v) is 11.3. The normalized spacial score (nSPS) is 11.5. The minimum absolute atomic E-state index is 0.137. The van der Waals surface area contributed by atoms with Crippen LogP contribution in [0.15, 0.2) is 86.9 Å². The highest BCUT2D eigenvalue weighted by molar-refractivity contribution is 7.90. The monoisotopic (exact) mass is 456 g/mol. The van der Waals surface area contributed by atoms with Gasteiger partial charge in [-0.05, 0) is 54.1 Å². The van der Waals surface area contributed by atoms with Crippen LogP contribution in [0.1, 0.15) is 5.56 Å². The second kappa shape index (κ2) is 8.41. The Labute approximate surface area is 182 Å². The van der Waals surface area contributed by atoms with Gasteiger partial charge in [0.25, 0.3) is 0 Å². The number of hydrogen-bond donors (Lipinski definition) is 1. The summed E-state index contributed by atoms with van der Waals surface area (Å²) in [7, 11) is -3.56. The molecule has 158 valence electrons. The standard InChI is InChI=1S/C22H17ClN2O5S/c23-16-7-5-15(6-8-16)14-31(28,29)18-11-9-17(10-12-18)24-21(26)13-25-19-3-1-2-4-20(19)30-22(25)27/h1-12H,13-14H2,(H,24,26). The van der Waals surface area contributed by atoms with Gasteiger partial charge in [0.05, 0.1) is 16.2 Å². The first-order chi connectivity index (χ1) is 14.8. The van der Waals surface area contributed by atoms with Gasteiger partial charge in [0, 0.05) is 10.7 Å². The summed E-state index contributed by atoms with van der Waals surface area (Å²) >= 11 is 5.83. The van der Waals surface area contributed by atoms with E-state index in [1.807, 2.05) is 0 Å². The van der Waals surface area contributed by atoms with Gasteiger partial charge in [0.15, 0.2) is 15.4 Å². The maximum absolute atomic E-state index is 12.6. The molecule has 0 unspecified atom stereocenters. The van der Waals surface area contributed by atoms with Crippen molar-refractivity contribution in [2.24, 2.45) is 0 Å². The smallest absolute Gasteiger partial charge is 0.408 e. The van der Waals surface area contributed by atoms with Gasteiger partial charge in [-0.3, -0.25) is 9.36 Å². The highest BCUT2D eigenvalue weighted by Gasteiger charge is 2.16. The van der Waals surface area contributed by atoms with E-state index in [0.29, 0.717) is 27.4 Å². The van der Waals surface area contributed by atoms with E-state index in [2.05, 4.69) is 5.32 Å². The average Bonchev–Trinajstić information content (AvgIpc) is 3.05. The second-order valence-corrected chi connectivity index (χ2v) is 9.31. The zero-order valence-electron chi connectivity index (χ0n) is 16.1. The van der Waals surface area contributed by atoms with E-state index >= 15 is 0 Å². The fraction of sp³-hybridized carbons (Fsp3) is 0.0909. The van der Waals surface area contributed by atoms with E-state index in [1.54, 1.807) is 48.5 Å². The lowest BCUT2D eigenvalue weighted by molar-refractivity contribution is -0.116. The average molecular weight is 457 g/mol. The van der Waals surface area contributed by atoms with Gasteiger partial charge >= 0.3 is 5.76 Å². The van der Waals surface area contributed by atoms with Crippen LogP contribution in [0.3, 0.4) is 0 Å². The van der Waals surface area contributed by atoms with E-state index in [1.165, 1.54) is 28.8 Å². The first-order valence-electron chi connectivity index (χ1n) is 9.27. The summed E-state index contributed by atoms with van der Waals surface area (Å²) < 4.78 is 31.6. The number of para-hydroxylation sites is 2. The molecule has 9 heteroatoms. The SMILES string of the molecule is O=C(Cn1c(=O)oc2ccccc21)Nc1ccc(S(=O)(=O)Cc2ccc(Cl)cc2)cc1. The lowest BCUT2D eigenvalue weighted by atomic mass is 10.2. The summed E-state index contributed by atoms with van der Waals surface area (Å²) in [6.45, 7) is -0.230. The summed E-state index contributed by atoms with van der Waals surface area (Å²) in [6.07, 6.45) is 0. The van der Waals surface area contributed by atoms with E-state index < -0.39 is 21.5 Å². The summed E-state index contributed by atoms with van der Waals surface area (Å²) in [5.74, 6) is -1.22. The van der Waals surface area contributed by atoms with Crippen LogP contribution in [0.2, 0.25) is 5.02 Å². The predicted molar refractivity (Wildman–Crippen MR) is 118 cm³/mol. The van der Waals surface area contributed by atoms with E-state index in [-0.39, 0.29) is 17.2 Å². The van der Waals surface area contributed by atoms with Crippen molar-refractivity contribution in [2.45, 2.75) is 17.2 Å². The summed E-state index contributed by atoms with van der Waals surface area (Å²) in [5, 5.41) is 3.19. The Morgan fingerprint density at radius 3 is 2.35 bits per heavy atom. The molecule has 31 heavy (non-hydrogen) atoms. The van der Waals surface area contributed by atoms with Gasteiger partial charge in [-0.15, -0.1) is 0 Å². The largest absolute Gasteiger partial charge is 0.420 e. The minimum atomic E-state index is -3.56. The van der Waals surface area contributed by atoms with E-state index in [4.69, 9.17) is 16.0 Å². The Kier molecular flexibility index (Phi) is 5.67. The van der Waals surface area contributed by atoms with Crippen LogP contribution in [0.4, 0.5) is 5.69 Å². The molecule has 1 heterocycles. The fourth-order valence-electron chi connectivity index (χ4n) is 3.14. The fourth-order valence-corrected chi connectivity index (χ4v) is 4.61. The number of oxazole rings is 1. The van der Waals surface area contributed by atoms with Crippen LogP contribution in [-0.4, -0.2) is 18.9 Å². The highest BCUT2D eigenvalue weighted by Crippen LogP contribution is 2.20. The van der Waals surface area contributed by atoms with Crippen molar-refractivity contribution in [3.8, 4) is 0 Å². The maximum Gasteiger partial charge on any atom is 0.420 e. The van der Waals surface area contributed by atoms with Crippen LogP contribution in [0.5, 0.6) is 0 Å². The van der Waals surface area contributed by atoms with Gasteiger partial charge < -0.3 is 9.73 Å². The number of sulfone groups is 1. The minimum Gasteiger partial charge on any atom is -0.408 e. The van der Waals surface area contributed by atoms with E-state index in [0.717, 1.165) is 0 Å². The third kappa shape index (κ3) is 4.70. The van der Waals surface area contributed by atoms with Crippen LogP contribution in [-0.2, 0) is 26.9 Å². The number of carbonyl (C=O) groups excluding carboxylic acids is 1. The van der Waals surface area contributed by atoms with Crippen molar-refractivity contribution in [1.82, 2.24) is 4.57 Å². The van der Waals surface area contributed by atoms with Crippen LogP contribution >= 0.6 is 11.6 Å². The molecule has 0 aliphatic rings. The van der Waals surface area contributed by atoms with Gasteiger partial charge in [0.2, 0.25) is 5.91 Å². The Hall–Kier alpha value is -3.36. The molecule has 7 nitrogen and oxygen atoms in total. The molecule has 0 aliphatic carbocycles. The Balaban J connectivity index is 1.45. The van der Waals surface area contributed by atoms with Crippen LogP contribution in [0.25, 0.3) is 11.1 Å². The molecule has 0 atom stereocenters. The zero-order chi connectivity index (χ0) is 22.0. The lowest BCUT2D eigenvalue weighted by Gasteiger charge is -2.08. The summed E-state index contributed by atoms with van der Waals surface area (Å²) in [4.78, 5) is 24.5. The molecule has 0 saturated heterocycles. The third-order valence-electron chi connectivity index (χ3n) is 4.64. The number of amides is 1. The number of nitrogens with one attached hydrogen (secondary N) is 1. The van der Waals surface area contributed by atoms with Gasteiger partial charge in [-0.25, -0.2) is 13.2 Å². The van der Waals surface area contributed by atoms with Crippen molar-refractivity contribution < 1.29 is 17.6 Å². The predicted octanol–water partition coefficient (Wildman–Crippen LogP) is 3.86. The number of anilines is 1. The summed E-state index contributed by atoms with van der Waals surface area (Å²) in [6, 6.07) is 19.3. The first kappa shape index (κ1) is 20.9. The molecule has 1 amide bonds. The number of halogens is 1. The molecule has 1 aromatic heterocycles. The molecule has 0 saturated carbocycles. The lowest BCUT2D eigenvalue weighted by Crippen LogP contribution is -2.24. The number of aromatic nitrogens is 1. The molecule has 0 fully saturated rings. The summed E-state index contributed by atoms with van der Waals surface area (Å²) in [5.41, 5.74) is 1.96. The maximum atomic E-state index is 12.6. The molecule has 0 spiro atoms. The zero-order valence-corrected chi connectivity index (χ0v) is 17.7. The number of benzene rings is 3. The van der Waals surface area contributed by atoms with Gasteiger partial charge in [0.1, 0.15) is 6.54 Å². The quantitative estimate of drug-likeness (QED) is 0.475. The Bertz CT molecular complexity index is 1410. The number of carbonyl (C=O) groups is 1. The van der Waals surface area contributed by atoms with Crippen molar-refractivity contribution in [3.63, 3.8) is 0 Å². The van der Waals surface area contributed by atoms with Crippen molar-refractivity contribution in [3.05, 3.63) is 93.9 Å². The number of rotatable bonds is 6. The number of fused-ring (bicyclic) bond motifs is 1. The molecule has 1 N–H and O–H groups in total. The molecule has 0 radical (unpaired) electrons. The Morgan fingerprint density at radius 2 is 1.65 bits per heavy atom. The molecule has 4 rings (SSSR count). The van der Waals surface area contributed by atoms with E-state index in [9.17, 15) is 18.0 Å². The highest BCUT2D eigenvalue weighted by atomic mass is 35.5. The second-order valence-electron chi connectivity index (χ2n) is 6.88. The number of nitrogens with zero attached hydrogens (tertiary/aromatic N) is 1. The van der Waals surface area contributed by atoms with Crippen LogP contribution < -0.4 is 11.1 Å². The molecular formula is C22H17ClN2O5S. The van der Waals surface area contributed by atoms with Crippen molar-refractivity contribution in [2.75, 3.05) is 5.32 Å². The van der Waals surface area contributed by atoms with Crippen molar-refractivity contribution >= 4 is 44.1 Å². The van der Waals surface area contributed by atoms with Crippen molar-refractivity contribution in [1.29, 1.82) is 0 Å². The molecule has 0 bridgehead atoms. The number of hydrogen-bond acceptors (Lipinski definition) is 5. The third-order valence-corrected chi connectivity index (χ3v) is 6.60. The van der Waals surface area contributed by atoms with Gasteiger partial charge in [-0.2, -0.15) is 0 Å². The van der Waals surface area contributed by atoms with Gasteiger partial charge in [-0.1, -0.05) is 35.9 Å². The molecule has 4 aromatic rings. The molecule has 3 aromatic carbocycles. The van der Waals surface area contributed by atoms with Crippen LogP contribution in [0, 0.1) is 0 Å². The Morgan fingerprint density at radius 1 is 0.968 bits per heavy atom. The molecular weight excluding hydrogens is 440 g/mol. The molecule has 0 aliphatic heterocycles. The topological polar surface area (TPSA) is 98.4 Å².